The molecule has 0 aromatic heterocycles. The average molecular weight is 999 g/mol. The molecular weight excluding hydrogens is 934 g/mol. The van der Waals surface area contributed by atoms with Gasteiger partial charge in [0.2, 0.25) is 0 Å². The summed E-state index contributed by atoms with van der Waals surface area (Å²) in [6, 6.07) is 51.9. The fourth-order valence-electron chi connectivity index (χ4n) is 7.00. The third-order valence-electron chi connectivity index (χ3n) is 9.73. The molecule has 0 nitrogen and oxygen atoms in total. The molecule has 2 atom stereocenters. The Bertz CT molecular complexity index is 2030. The first-order valence-electron chi connectivity index (χ1n) is 19.9. The van der Waals surface area contributed by atoms with Crippen LogP contribution < -0.4 is 24.8 Å². The molecule has 6 heteroatoms. The van der Waals surface area contributed by atoms with Crippen molar-refractivity contribution in [2.75, 3.05) is 0 Å². The largest absolute Gasteiger partial charge is 3.00 e. The molecule has 0 saturated heterocycles. The molecular formula is C52H64Cl2Si2Zr2. The van der Waals surface area contributed by atoms with Gasteiger partial charge in [-0.15, -0.1) is 152 Å². The van der Waals surface area contributed by atoms with E-state index in [4.69, 9.17) is 0 Å². The van der Waals surface area contributed by atoms with E-state index in [9.17, 15) is 0 Å². The Kier molecular flexibility index (Phi) is 32.9. The van der Waals surface area contributed by atoms with Crippen LogP contribution in [-0.2, 0) is 52.4 Å². The minimum absolute atomic E-state index is 0. The van der Waals surface area contributed by atoms with E-state index in [-0.39, 0.29) is 77.2 Å². The molecule has 0 spiro atoms. The Morgan fingerprint density at radius 3 is 0.948 bits per heavy atom. The Balaban J connectivity index is 0. The molecule has 0 amide bonds. The van der Waals surface area contributed by atoms with Crippen molar-refractivity contribution in [1.82, 2.24) is 0 Å². The van der Waals surface area contributed by atoms with Crippen LogP contribution in [0.4, 0.5) is 0 Å². The number of hydrogen-bond donors (Lipinski definition) is 0. The van der Waals surface area contributed by atoms with Crippen molar-refractivity contribution in [3.8, 4) is 0 Å². The van der Waals surface area contributed by atoms with E-state index in [1.54, 1.807) is 0 Å². The second kappa shape index (κ2) is 32.8. The van der Waals surface area contributed by atoms with Gasteiger partial charge in [-0.25, -0.2) is 0 Å². The van der Waals surface area contributed by atoms with E-state index >= 15 is 0 Å². The molecule has 6 radical (unpaired) electrons. The van der Waals surface area contributed by atoms with Crippen LogP contribution in [0.25, 0.3) is 43.1 Å². The summed E-state index contributed by atoms with van der Waals surface area (Å²) in [6.45, 7) is 22.0. The molecule has 58 heavy (non-hydrogen) atoms. The van der Waals surface area contributed by atoms with Crippen molar-refractivity contribution in [3.63, 3.8) is 0 Å². The smallest absolute Gasteiger partial charge is 1.00 e. The number of aryl methyl sites for hydroxylation is 2. The van der Waals surface area contributed by atoms with Crippen LogP contribution in [0.15, 0.2) is 146 Å². The van der Waals surface area contributed by atoms with Gasteiger partial charge in [-0.3, -0.25) is 0 Å². The van der Waals surface area contributed by atoms with E-state index in [0.29, 0.717) is 11.8 Å². The van der Waals surface area contributed by atoms with Crippen LogP contribution in [-0.4, -0.2) is 19.0 Å². The average Bonchev–Trinajstić information content (AvgIpc) is 3.99. The van der Waals surface area contributed by atoms with Gasteiger partial charge in [0.15, 0.2) is 0 Å². The fourth-order valence-corrected chi connectivity index (χ4v) is 7.00. The topological polar surface area (TPSA) is 0 Å². The minimum Gasteiger partial charge on any atom is -1.00 e. The summed E-state index contributed by atoms with van der Waals surface area (Å²) < 4.78 is 0. The molecule has 0 aliphatic heterocycles. The van der Waals surface area contributed by atoms with E-state index in [1.165, 1.54) is 91.0 Å². The van der Waals surface area contributed by atoms with E-state index < -0.39 is 0 Å². The molecule has 0 fully saturated rings. The molecule has 302 valence electrons. The predicted molar refractivity (Wildman–Crippen MR) is 249 cm³/mol. The van der Waals surface area contributed by atoms with Crippen molar-refractivity contribution < 1.29 is 77.2 Å². The van der Waals surface area contributed by atoms with Crippen LogP contribution in [0.5, 0.6) is 0 Å². The zero-order valence-electron chi connectivity index (χ0n) is 36.6. The predicted octanol–water partition coefficient (Wildman–Crippen LogP) is 10.2. The van der Waals surface area contributed by atoms with Gasteiger partial charge in [0, 0.05) is 19.0 Å². The summed E-state index contributed by atoms with van der Waals surface area (Å²) in [5, 5.41) is 11.1. The molecule has 0 N–H and O–H groups in total. The summed E-state index contributed by atoms with van der Waals surface area (Å²) >= 11 is 0. The Hall–Kier alpha value is -1.90. The van der Waals surface area contributed by atoms with Gasteiger partial charge in [0.25, 0.3) is 0 Å². The Labute approximate surface area is 408 Å². The third kappa shape index (κ3) is 18.0. The van der Waals surface area contributed by atoms with Crippen molar-refractivity contribution in [2.24, 2.45) is 0 Å². The van der Waals surface area contributed by atoms with Gasteiger partial charge in [0.05, 0.1) is 0 Å². The van der Waals surface area contributed by atoms with Crippen molar-refractivity contribution in [2.45, 2.75) is 105 Å². The van der Waals surface area contributed by atoms with Crippen LogP contribution >= 0.6 is 0 Å². The molecule has 8 rings (SSSR count). The molecule has 8 aromatic rings. The molecule has 0 heterocycles. The van der Waals surface area contributed by atoms with Crippen molar-refractivity contribution in [1.29, 1.82) is 0 Å². The van der Waals surface area contributed by atoms with Gasteiger partial charge >= 0.3 is 52.4 Å². The Morgan fingerprint density at radius 2 is 0.672 bits per heavy atom. The second-order valence-corrected chi connectivity index (χ2v) is 16.3. The van der Waals surface area contributed by atoms with Crippen molar-refractivity contribution in [3.05, 3.63) is 168 Å². The van der Waals surface area contributed by atoms with Crippen LogP contribution in [0.3, 0.4) is 0 Å². The summed E-state index contributed by atoms with van der Waals surface area (Å²) in [6.07, 6.45) is 5.10. The fraction of sp³-hybridized carbons (Fsp3) is 0.308. The second-order valence-electron chi connectivity index (χ2n) is 14.3. The minimum atomic E-state index is 0. The number of benzene rings is 4. The molecule has 8 aromatic carbocycles. The Morgan fingerprint density at radius 1 is 0.431 bits per heavy atom. The van der Waals surface area contributed by atoms with E-state index in [0.717, 1.165) is 19.0 Å². The normalized spacial score (nSPS) is 10.7. The van der Waals surface area contributed by atoms with E-state index in [2.05, 4.69) is 213 Å². The molecule has 0 aliphatic carbocycles. The number of halogens is 2. The van der Waals surface area contributed by atoms with Crippen LogP contribution in [0.1, 0.15) is 87.5 Å². The number of rotatable bonds is 6. The SMILES string of the molecule is CCCC(C)c1c[cH-]c2ccccc12.CCCC(C)c1c[cH-]c2ccccc12.C[Si]C.C[Si]C.Cc1c[cH-]c2ccccc12.Cc1c[cH-]c2ccccc12.[Cl-].[Cl-].[Zr+3].[Zr+3]. The van der Waals surface area contributed by atoms with Gasteiger partial charge in [0.1, 0.15) is 0 Å². The summed E-state index contributed by atoms with van der Waals surface area (Å²) in [5.41, 5.74) is 5.77. The molecule has 0 saturated carbocycles. The quantitative estimate of drug-likeness (QED) is 0.115. The van der Waals surface area contributed by atoms with E-state index in [1.807, 2.05) is 0 Å². The third-order valence-corrected chi connectivity index (χ3v) is 9.73. The van der Waals surface area contributed by atoms with Gasteiger partial charge in [-0.05, 0) is 0 Å². The number of hydrogen-bond acceptors (Lipinski definition) is 0. The summed E-state index contributed by atoms with van der Waals surface area (Å²) in [7, 11) is 2.17. The van der Waals surface area contributed by atoms with Gasteiger partial charge in [-0.1, -0.05) is 130 Å². The number of fused-ring (bicyclic) bond motifs is 4. The standard InChI is InChI=1S/2C14H17.2C10H9.2C2H6Si.2ClH.2Zr/c2*1-3-6-11(2)13-10-9-12-7-4-5-8-14(12)13;2*1-8-6-7-9-4-2-3-5-10(8)9;2*1-3-2;;;;/h2*4-5,7-11H,3,6H2,1-2H3;2*2-7H,1H3;2*1-2H3;2*1H;;/q4*-1;;;;;2*+3/p-2. The molecule has 0 aliphatic rings. The molecule has 2 unspecified atom stereocenters. The van der Waals surface area contributed by atoms with Gasteiger partial charge < -0.3 is 24.8 Å². The zero-order valence-corrected chi connectivity index (χ0v) is 45.0. The first kappa shape index (κ1) is 58.2. The van der Waals surface area contributed by atoms with Crippen LogP contribution in [0.2, 0.25) is 26.2 Å². The maximum absolute atomic E-state index is 2.32. The summed E-state index contributed by atoms with van der Waals surface area (Å²) in [5.74, 6) is 1.39. The van der Waals surface area contributed by atoms with Crippen LogP contribution in [0, 0.1) is 13.8 Å². The molecule has 0 bridgehead atoms. The summed E-state index contributed by atoms with van der Waals surface area (Å²) in [4.78, 5) is 0. The zero-order chi connectivity index (χ0) is 39.3. The van der Waals surface area contributed by atoms with Gasteiger partial charge in [-0.2, -0.15) is 34.4 Å². The first-order chi connectivity index (χ1) is 26.2. The maximum atomic E-state index is 2.32. The monoisotopic (exact) mass is 994 g/mol. The first-order valence-corrected chi connectivity index (χ1v) is 23.9. The van der Waals surface area contributed by atoms with Crippen molar-refractivity contribution >= 4 is 62.1 Å². The maximum Gasteiger partial charge on any atom is 3.00 e.